The van der Waals surface area contributed by atoms with Crippen LogP contribution in [0.4, 0.5) is 5.82 Å². The van der Waals surface area contributed by atoms with Crippen molar-refractivity contribution in [2.75, 3.05) is 11.9 Å². The van der Waals surface area contributed by atoms with E-state index in [1.807, 2.05) is 0 Å². The van der Waals surface area contributed by atoms with Crippen LogP contribution < -0.4 is 5.32 Å². The fourth-order valence-electron chi connectivity index (χ4n) is 1.94. The second-order valence-corrected chi connectivity index (χ2v) is 5.28. The van der Waals surface area contributed by atoms with E-state index in [0.717, 1.165) is 54.0 Å². The Labute approximate surface area is 119 Å². The minimum absolute atomic E-state index is 0.463. The van der Waals surface area contributed by atoms with Crippen molar-refractivity contribution in [3.63, 3.8) is 0 Å². The molecule has 18 heavy (non-hydrogen) atoms. The Morgan fingerprint density at radius 1 is 1.11 bits per heavy atom. The molecule has 102 valence electrons. The molecular weight excluding hydrogens is 290 g/mol. The number of anilines is 1. The van der Waals surface area contributed by atoms with Crippen molar-refractivity contribution in [2.24, 2.45) is 0 Å². The first-order chi connectivity index (χ1) is 8.67. The molecule has 0 saturated carbocycles. The van der Waals surface area contributed by atoms with Crippen LogP contribution in [0, 0.1) is 0 Å². The minimum atomic E-state index is 0.463. The first-order valence-corrected chi connectivity index (χ1v) is 7.77. The van der Waals surface area contributed by atoms with Gasteiger partial charge in [-0.15, -0.1) is 0 Å². The molecule has 4 heteroatoms. The summed E-state index contributed by atoms with van der Waals surface area (Å²) in [5.74, 6) is 2.40. The number of nitrogens with zero attached hydrogens (tertiary/aromatic N) is 2. The van der Waals surface area contributed by atoms with Crippen LogP contribution in [-0.2, 0) is 6.42 Å². The van der Waals surface area contributed by atoms with Crippen LogP contribution in [0.3, 0.4) is 0 Å². The third-order valence-electron chi connectivity index (χ3n) is 3.17. The van der Waals surface area contributed by atoms with Gasteiger partial charge < -0.3 is 5.32 Å². The van der Waals surface area contributed by atoms with E-state index in [1.165, 1.54) is 0 Å². The molecule has 0 unspecified atom stereocenters. The Morgan fingerprint density at radius 2 is 1.78 bits per heavy atom. The quantitative estimate of drug-likeness (QED) is 0.803. The van der Waals surface area contributed by atoms with Crippen molar-refractivity contribution < 1.29 is 0 Å². The lowest BCUT2D eigenvalue weighted by atomic mass is 10.0. The van der Waals surface area contributed by atoms with E-state index >= 15 is 0 Å². The third-order valence-corrected chi connectivity index (χ3v) is 4.00. The van der Waals surface area contributed by atoms with Crippen LogP contribution in [0.2, 0.25) is 0 Å². The molecular formula is C14H24BrN3. The number of hydrogen-bond acceptors (Lipinski definition) is 3. The molecule has 3 nitrogen and oxygen atoms in total. The molecule has 0 amide bonds. The second kappa shape index (κ2) is 7.72. The average molecular weight is 314 g/mol. The Hall–Kier alpha value is -0.640. The predicted octanol–water partition coefficient (Wildman–Crippen LogP) is 4.53. The van der Waals surface area contributed by atoms with Crippen LogP contribution in [0.15, 0.2) is 4.47 Å². The average Bonchev–Trinajstić information content (AvgIpc) is 2.40. The van der Waals surface area contributed by atoms with Crippen LogP contribution in [-0.4, -0.2) is 16.5 Å². The van der Waals surface area contributed by atoms with E-state index in [-0.39, 0.29) is 0 Å². The van der Waals surface area contributed by atoms with Gasteiger partial charge in [-0.3, -0.25) is 0 Å². The summed E-state index contributed by atoms with van der Waals surface area (Å²) in [5.41, 5.74) is 1.10. The summed E-state index contributed by atoms with van der Waals surface area (Å²) < 4.78 is 1.02. The SMILES string of the molecule is CCCNc1nc(C(CC)CC)nc(CC)c1Br. The largest absolute Gasteiger partial charge is 0.369 e. The molecule has 0 fully saturated rings. The van der Waals surface area contributed by atoms with Crippen molar-refractivity contribution in [2.45, 2.75) is 59.3 Å². The van der Waals surface area contributed by atoms with E-state index < -0.39 is 0 Å². The highest BCUT2D eigenvalue weighted by Gasteiger charge is 2.16. The second-order valence-electron chi connectivity index (χ2n) is 4.48. The fraction of sp³-hybridized carbons (Fsp3) is 0.714. The van der Waals surface area contributed by atoms with Gasteiger partial charge in [-0.25, -0.2) is 9.97 Å². The van der Waals surface area contributed by atoms with E-state index in [9.17, 15) is 0 Å². The zero-order chi connectivity index (χ0) is 13.5. The van der Waals surface area contributed by atoms with Crippen LogP contribution in [0.5, 0.6) is 0 Å². The van der Waals surface area contributed by atoms with Gasteiger partial charge in [0.2, 0.25) is 0 Å². The summed E-state index contributed by atoms with van der Waals surface area (Å²) in [7, 11) is 0. The summed E-state index contributed by atoms with van der Waals surface area (Å²) in [6.45, 7) is 9.63. The van der Waals surface area contributed by atoms with Gasteiger partial charge in [-0.1, -0.05) is 27.7 Å². The van der Waals surface area contributed by atoms with Gasteiger partial charge in [0.15, 0.2) is 0 Å². The lowest BCUT2D eigenvalue weighted by Crippen LogP contribution is -2.11. The molecule has 0 radical (unpaired) electrons. The van der Waals surface area contributed by atoms with Crippen molar-refractivity contribution in [1.82, 2.24) is 9.97 Å². The lowest BCUT2D eigenvalue weighted by molar-refractivity contribution is 0.597. The van der Waals surface area contributed by atoms with E-state index in [0.29, 0.717) is 5.92 Å². The maximum Gasteiger partial charge on any atom is 0.144 e. The summed E-state index contributed by atoms with van der Waals surface area (Å²) >= 11 is 3.61. The summed E-state index contributed by atoms with van der Waals surface area (Å²) in [6.07, 6.45) is 4.21. The Balaban J connectivity index is 3.12. The summed E-state index contributed by atoms with van der Waals surface area (Å²) in [4.78, 5) is 9.39. The highest BCUT2D eigenvalue weighted by Crippen LogP contribution is 2.28. The number of aromatic nitrogens is 2. The number of rotatable bonds is 7. The van der Waals surface area contributed by atoms with E-state index in [4.69, 9.17) is 9.97 Å². The molecule has 0 aliphatic rings. The third kappa shape index (κ3) is 3.67. The summed E-state index contributed by atoms with van der Waals surface area (Å²) in [5, 5.41) is 3.38. The van der Waals surface area contributed by atoms with Gasteiger partial charge >= 0.3 is 0 Å². The van der Waals surface area contributed by atoms with Crippen molar-refractivity contribution in [3.05, 3.63) is 16.0 Å². The highest BCUT2D eigenvalue weighted by molar-refractivity contribution is 9.10. The molecule has 1 aromatic heterocycles. The number of hydrogen-bond donors (Lipinski definition) is 1. The Morgan fingerprint density at radius 3 is 2.28 bits per heavy atom. The molecule has 0 aromatic carbocycles. The number of aryl methyl sites for hydroxylation is 1. The van der Waals surface area contributed by atoms with Gasteiger partial charge in [0.25, 0.3) is 0 Å². The molecule has 0 saturated heterocycles. The lowest BCUT2D eigenvalue weighted by Gasteiger charge is -2.16. The predicted molar refractivity (Wildman–Crippen MR) is 81.2 cm³/mol. The maximum atomic E-state index is 4.70. The monoisotopic (exact) mass is 313 g/mol. The summed E-state index contributed by atoms with van der Waals surface area (Å²) in [6, 6.07) is 0. The van der Waals surface area contributed by atoms with Gasteiger partial charge in [-0.05, 0) is 41.6 Å². The first kappa shape index (κ1) is 15.4. The molecule has 0 atom stereocenters. The first-order valence-electron chi connectivity index (χ1n) is 6.97. The Bertz CT molecular complexity index is 376. The normalized spacial score (nSPS) is 11.0. The molecule has 1 rings (SSSR count). The van der Waals surface area contributed by atoms with Crippen molar-refractivity contribution in [3.8, 4) is 0 Å². The van der Waals surface area contributed by atoms with Crippen molar-refractivity contribution >= 4 is 21.7 Å². The minimum Gasteiger partial charge on any atom is -0.369 e. The van der Waals surface area contributed by atoms with E-state index in [2.05, 4.69) is 48.9 Å². The molecule has 0 aliphatic carbocycles. The van der Waals surface area contributed by atoms with Gasteiger partial charge in [0.05, 0.1) is 10.2 Å². The molecule has 0 aliphatic heterocycles. The van der Waals surface area contributed by atoms with Gasteiger partial charge in [0, 0.05) is 12.5 Å². The molecule has 1 heterocycles. The topological polar surface area (TPSA) is 37.8 Å². The number of nitrogens with one attached hydrogen (secondary N) is 1. The smallest absolute Gasteiger partial charge is 0.144 e. The Kier molecular flexibility index (Phi) is 6.61. The fourth-order valence-corrected chi connectivity index (χ4v) is 2.54. The van der Waals surface area contributed by atoms with E-state index in [1.54, 1.807) is 0 Å². The van der Waals surface area contributed by atoms with Crippen LogP contribution in [0.1, 0.15) is 64.4 Å². The maximum absolute atomic E-state index is 4.70. The highest BCUT2D eigenvalue weighted by atomic mass is 79.9. The molecule has 0 spiro atoms. The standard InChI is InChI=1S/C14H24BrN3/c1-5-9-16-14-12(15)11(8-4)17-13(18-14)10(6-2)7-3/h10H,5-9H2,1-4H3,(H,16,17,18). The zero-order valence-electron chi connectivity index (χ0n) is 11.9. The molecule has 1 N–H and O–H groups in total. The zero-order valence-corrected chi connectivity index (χ0v) is 13.5. The number of halogens is 1. The van der Waals surface area contributed by atoms with Gasteiger partial charge in [0.1, 0.15) is 11.6 Å². The van der Waals surface area contributed by atoms with Gasteiger partial charge in [-0.2, -0.15) is 0 Å². The van der Waals surface area contributed by atoms with Crippen LogP contribution >= 0.6 is 15.9 Å². The van der Waals surface area contributed by atoms with Crippen LogP contribution in [0.25, 0.3) is 0 Å². The van der Waals surface area contributed by atoms with Crippen molar-refractivity contribution in [1.29, 1.82) is 0 Å². The molecule has 0 bridgehead atoms. The molecule has 1 aromatic rings.